The van der Waals surface area contributed by atoms with E-state index in [1.54, 1.807) is 0 Å². The molecule has 0 aliphatic carbocycles. The second-order valence-electron chi connectivity index (χ2n) is 3.64. The summed E-state index contributed by atoms with van der Waals surface area (Å²) in [5, 5.41) is 0. The smallest absolute Gasteiger partial charge is 0.125 e. The highest BCUT2D eigenvalue weighted by atomic mass is 79.9. The van der Waals surface area contributed by atoms with Gasteiger partial charge in [-0.05, 0) is 32.9 Å². The van der Waals surface area contributed by atoms with E-state index < -0.39 is 0 Å². The topological polar surface area (TPSA) is 35.2 Å². The van der Waals surface area contributed by atoms with Crippen LogP contribution in [-0.4, -0.2) is 6.10 Å². The van der Waals surface area contributed by atoms with Crippen LogP contribution in [0.2, 0.25) is 0 Å². The molecule has 0 aromatic heterocycles. The molecule has 0 aliphatic rings. The molecule has 2 nitrogen and oxygen atoms in total. The van der Waals surface area contributed by atoms with Crippen molar-refractivity contribution < 1.29 is 4.74 Å². The van der Waals surface area contributed by atoms with Gasteiger partial charge in [-0.25, -0.2) is 0 Å². The molecule has 1 aromatic carbocycles. The van der Waals surface area contributed by atoms with E-state index in [0.29, 0.717) is 0 Å². The molecule has 0 saturated heterocycles. The lowest BCUT2D eigenvalue weighted by Crippen LogP contribution is -2.12. The lowest BCUT2D eigenvalue weighted by molar-refractivity contribution is 0.239. The molecule has 1 aromatic rings. The van der Waals surface area contributed by atoms with Gasteiger partial charge in [0.2, 0.25) is 0 Å². The van der Waals surface area contributed by atoms with Crippen molar-refractivity contribution in [2.24, 2.45) is 5.73 Å². The molecule has 14 heavy (non-hydrogen) atoms. The van der Waals surface area contributed by atoms with Crippen molar-refractivity contribution in [3.63, 3.8) is 0 Å². The SMILES string of the molecule is CC(C)Oc1cc(Br)ccc1C(C)N. The molecule has 0 saturated carbocycles. The van der Waals surface area contributed by atoms with Crippen molar-refractivity contribution in [1.29, 1.82) is 0 Å². The number of hydrogen-bond donors (Lipinski definition) is 1. The van der Waals surface area contributed by atoms with Crippen LogP contribution in [0.1, 0.15) is 32.4 Å². The molecular formula is C11H16BrNO. The zero-order chi connectivity index (χ0) is 10.7. The summed E-state index contributed by atoms with van der Waals surface area (Å²) in [6.45, 7) is 5.97. The average molecular weight is 258 g/mol. The standard InChI is InChI=1S/C11H16BrNO/c1-7(2)14-11-6-9(12)4-5-10(11)8(3)13/h4-8H,13H2,1-3H3. The molecule has 0 amide bonds. The maximum Gasteiger partial charge on any atom is 0.125 e. The van der Waals surface area contributed by atoms with Crippen LogP contribution in [0.15, 0.2) is 22.7 Å². The van der Waals surface area contributed by atoms with E-state index in [9.17, 15) is 0 Å². The molecule has 3 heteroatoms. The monoisotopic (exact) mass is 257 g/mol. The molecule has 1 rings (SSSR count). The molecule has 78 valence electrons. The summed E-state index contributed by atoms with van der Waals surface area (Å²) >= 11 is 3.41. The Hall–Kier alpha value is -0.540. The maximum atomic E-state index is 5.85. The van der Waals surface area contributed by atoms with Gasteiger partial charge in [-0.3, -0.25) is 0 Å². The molecule has 0 radical (unpaired) electrons. The van der Waals surface area contributed by atoms with Gasteiger partial charge in [0.15, 0.2) is 0 Å². The Bertz CT molecular complexity index is 310. The van der Waals surface area contributed by atoms with Crippen LogP contribution >= 0.6 is 15.9 Å². The fourth-order valence-electron chi connectivity index (χ4n) is 1.24. The number of halogens is 1. The minimum absolute atomic E-state index is 0.00292. The fraction of sp³-hybridized carbons (Fsp3) is 0.455. The Morgan fingerprint density at radius 1 is 1.29 bits per heavy atom. The zero-order valence-electron chi connectivity index (χ0n) is 8.75. The first-order chi connectivity index (χ1) is 6.50. The van der Waals surface area contributed by atoms with E-state index in [-0.39, 0.29) is 12.1 Å². The molecule has 1 atom stereocenters. The van der Waals surface area contributed by atoms with Crippen LogP contribution in [-0.2, 0) is 0 Å². The summed E-state index contributed by atoms with van der Waals surface area (Å²) in [4.78, 5) is 0. The third kappa shape index (κ3) is 3.00. The van der Waals surface area contributed by atoms with E-state index in [1.807, 2.05) is 39.0 Å². The van der Waals surface area contributed by atoms with Crippen LogP contribution < -0.4 is 10.5 Å². The predicted molar refractivity (Wildman–Crippen MR) is 62.5 cm³/mol. The van der Waals surface area contributed by atoms with Crippen LogP contribution in [0.25, 0.3) is 0 Å². The largest absolute Gasteiger partial charge is 0.491 e. The molecule has 0 spiro atoms. The summed E-state index contributed by atoms with van der Waals surface area (Å²) in [7, 11) is 0. The third-order valence-electron chi connectivity index (χ3n) is 1.83. The van der Waals surface area contributed by atoms with Gasteiger partial charge in [0.1, 0.15) is 5.75 Å². The Kier molecular flexibility index (Phi) is 3.96. The summed E-state index contributed by atoms with van der Waals surface area (Å²) in [6.07, 6.45) is 0.168. The lowest BCUT2D eigenvalue weighted by Gasteiger charge is -2.16. The lowest BCUT2D eigenvalue weighted by atomic mass is 10.1. The molecule has 0 fully saturated rings. The van der Waals surface area contributed by atoms with Crippen LogP contribution in [0.3, 0.4) is 0 Å². The number of nitrogens with two attached hydrogens (primary N) is 1. The van der Waals surface area contributed by atoms with E-state index >= 15 is 0 Å². The van der Waals surface area contributed by atoms with Gasteiger partial charge in [-0.1, -0.05) is 22.0 Å². The Labute approximate surface area is 93.6 Å². The van der Waals surface area contributed by atoms with E-state index in [1.165, 1.54) is 0 Å². The van der Waals surface area contributed by atoms with Crippen molar-refractivity contribution in [2.45, 2.75) is 32.9 Å². The number of ether oxygens (including phenoxy) is 1. The van der Waals surface area contributed by atoms with Gasteiger partial charge in [0.05, 0.1) is 6.10 Å². The molecule has 2 N–H and O–H groups in total. The fourth-order valence-corrected chi connectivity index (χ4v) is 1.58. The van der Waals surface area contributed by atoms with Crippen molar-refractivity contribution >= 4 is 15.9 Å². The van der Waals surface area contributed by atoms with E-state index in [4.69, 9.17) is 10.5 Å². The minimum atomic E-state index is -0.00292. The first-order valence-electron chi connectivity index (χ1n) is 4.72. The van der Waals surface area contributed by atoms with Crippen LogP contribution in [0, 0.1) is 0 Å². The van der Waals surface area contributed by atoms with E-state index in [2.05, 4.69) is 15.9 Å². The summed E-state index contributed by atoms with van der Waals surface area (Å²) in [5.74, 6) is 0.865. The quantitative estimate of drug-likeness (QED) is 0.903. The van der Waals surface area contributed by atoms with Gasteiger partial charge in [-0.2, -0.15) is 0 Å². The van der Waals surface area contributed by atoms with Crippen LogP contribution in [0.5, 0.6) is 5.75 Å². The number of hydrogen-bond acceptors (Lipinski definition) is 2. The van der Waals surface area contributed by atoms with Crippen molar-refractivity contribution in [2.75, 3.05) is 0 Å². The summed E-state index contributed by atoms with van der Waals surface area (Å²) in [6, 6.07) is 5.92. The van der Waals surface area contributed by atoms with Gasteiger partial charge in [-0.15, -0.1) is 0 Å². The Morgan fingerprint density at radius 2 is 1.93 bits per heavy atom. The normalized spacial score (nSPS) is 13.0. The van der Waals surface area contributed by atoms with Crippen molar-refractivity contribution in [3.05, 3.63) is 28.2 Å². The first kappa shape index (κ1) is 11.5. The Balaban J connectivity index is 3.03. The molecular weight excluding hydrogens is 242 g/mol. The Morgan fingerprint density at radius 3 is 2.43 bits per heavy atom. The summed E-state index contributed by atoms with van der Waals surface area (Å²) < 4.78 is 6.69. The summed E-state index contributed by atoms with van der Waals surface area (Å²) in [5.41, 5.74) is 6.89. The minimum Gasteiger partial charge on any atom is -0.491 e. The highest BCUT2D eigenvalue weighted by Gasteiger charge is 2.09. The highest BCUT2D eigenvalue weighted by Crippen LogP contribution is 2.28. The molecule has 0 heterocycles. The van der Waals surface area contributed by atoms with Crippen LogP contribution in [0.4, 0.5) is 0 Å². The number of benzene rings is 1. The maximum absolute atomic E-state index is 5.85. The number of rotatable bonds is 3. The predicted octanol–water partition coefficient (Wildman–Crippen LogP) is 3.26. The second kappa shape index (κ2) is 4.80. The highest BCUT2D eigenvalue weighted by molar-refractivity contribution is 9.10. The van der Waals surface area contributed by atoms with E-state index in [0.717, 1.165) is 15.8 Å². The first-order valence-corrected chi connectivity index (χ1v) is 5.51. The molecule has 0 bridgehead atoms. The van der Waals surface area contributed by atoms with Gasteiger partial charge >= 0.3 is 0 Å². The van der Waals surface area contributed by atoms with Gasteiger partial charge in [0.25, 0.3) is 0 Å². The molecule has 0 aliphatic heterocycles. The zero-order valence-corrected chi connectivity index (χ0v) is 10.3. The van der Waals surface area contributed by atoms with Crippen molar-refractivity contribution in [3.8, 4) is 5.75 Å². The van der Waals surface area contributed by atoms with Gasteiger partial charge < -0.3 is 10.5 Å². The van der Waals surface area contributed by atoms with Crippen molar-refractivity contribution in [1.82, 2.24) is 0 Å². The third-order valence-corrected chi connectivity index (χ3v) is 2.32. The average Bonchev–Trinajstić information content (AvgIpc) is 2.01. The molecule has 1 unspecified atom stereocenters. The second-order valence-corrected chi connectivity index (χ2v) is 4.55. The van der Waals surface area contributed by atoms with Gasteiger partial charge in [0, 0.05) is 16.1 Å².